The second-order valence-electron chi connectivity index (χ2n) is 3.38. The Hall–Kier alpha value is -0.950. The molecule has 1 aromatic rings. The fourth-order valence-electron chi connectivity index (χ4n) is 1.12. The summed E-state index contributed by atoms with van der Waals surface area (Å²) in [6.07, 6.45) is 1.13. The highest BCUT2D eigenvalue weighted by Crippen LogP contribution is 2.11. The zero-order chi connectivity index (χ0) is 11.5. The molecule has 0 spiro atoms. The van der Waals surface area contributed by atoms with E-state index in [2.05, 4.69) is 15.5 Å². The zero-order valence-corrected chi connectivity index (χ0v) is 9.84. The summed E-state index contributed by atoms with van der Waals surface area (Å²) in [7, 11) is -3.12. The number of hydrogen-bond acceptors (Lipinski definition) is 6. The summed E-state index contributed by atoms with van der Waals surface area (Å²) >= 11 is 0. The van der Waals surface area contributed by atoms with E-state index in [1.165, 1.54) is 0 Å². The van der Waals surface area contributed by atoms with Crippen molar-refractivity contribution in [2.45, 2.75) is 25.6 Å². The Labute approximate surface area is 89.0 Å². The first-order chi connectivity index (χ1) is 6.92. The topological polar surface area (TPSA) is 85.1 Å². The summed E-state index contributed by atoms with van der Waals surface area (Å²) in [6.45, 7) is 4.62. The van der Waals surface area contributed by atoms with E-state index in [-0.39, 0.29) is 17.7 Å². The first-order valence-corrected chi connectivity index (χ1v) is 6.72. The van der Waals surface area contributed by atoms with Crippen molar-refractivity contribution in [2.75, 3.05) is 12.8 Å². The SMILES string of the molecule is CCNC(C)c1nnc(CS(C)(=O)=O)o1. The van der Waals surface area contributed by atoms with Crippen LogP contribution in [0.3, 0.4) is 0 Å². The third-order valence-corrected chi connectivity index (χ3v) is 2.52. The van der Waals surface area contributed by atoms with E-state index < -0.39 is 9.84 Å². The van der Waals surface area contributed by atoms with Gasteiger partial charge in [0.1, 0.15) is 5.75 Å². The molecule has 1 heterocycles. The van der Waals surface area contributed by atoms with Crippen molar-refractivity contribution >= 4 is 9.84 Å². The van der Waals surface area contributed by atoms with E-state index in [9.17, 15) is 8.42 Å². The van der Waals surface area contributed by atoms with Crippen molar-refractivity contribution < 1.29 is 12.8 Å². The fraction of sp³-hybridized carbons (Fsp3) is 0.750. The molecule has 0 amide bonds. The maximum absolute atomic E-state index is 11.0. The molecule has 1 unspecified atom stereocenters. The molecule has 7 heteroatoms. The average molecular weight is 233 g/mol. The fourth-order valence-corrected chi connectivity index (χ4v) is 1.68. The number of nitrogens with one attached hydrogen (secondary N) is 1. The lowest BCUT2D eigenvalue weighted by atomic mass is 10.3. The molecule has 0 fully saturated rings. The predicted molar refractivity (Wildman–Crippen MR) is 54.9 cm³/mol. The molecule has 0 aliphatic carbocycles. The molecule has 1 aromatic heterocycles. The summed E-state index contributed by atoms with van der Waals surface area (Å²) in [6, 6.07) is -0.0594. The molecule has 0 aromatic carbocycles. The van der Waals surface area contributed by atoms with Crippen LogP contribution in [0.2, 0.25) is 0 Å². The van der Waals surface area contributed by atoms with Gasteiger partial charge >= 0.3 is 0 Å². The number of hydrogen-bond donors (Lipinski definition) is 1. The van der Waals surface area contributed by atoms with Gasteiger partial charge in [-0.1, -0.05) is 6.92 Å². The summed E-state index contributed by atoms with van der Waals surface area (Å²) < 4.78 is 27.1. The molecule has 0 bridgehead atoms. The predicted octanol–water partition coefficient (Wildman–Crippen LogP) is 0.285. The lowest BCUT2D eigenvalue weighted by Gasteiger charge is -2.05. The molecule has 0 aliphatic heterocycles. The minimum Gasteiger partial charge on any atom is -0.422 e. The third kappa shape index (κ3) is 3.96. The molecule has 6 nitrogen and oxygen atoms in total. The van der Waals surface area contributed by atoms with Crippen LogP contribution in [0.1, 0.15) is 31.7 Å². The van der Waals surface area contributed by atoms with Gasteiger partial charge in [0.2, 0.25) is 11.8 Å². The zero-order valence-electron chi connectivity index (χ0n) is 9.02. The smallest absolute Gasteiger partial charge is 0.233 e. The number of aromatic nitrogens is 2. The van der Waals surface area contributed by atoms with Crippen LogP contribution in [0.4, 0.5) is 0 Å². The highest BCUT2D eigenvalue weighted by molar-refractivity contribution is 7.89. The molecule has 86 valence electrons. The average Bonchev–Trinajstić information content (AvgIpc) is 2.50. The molecule has 0 saturated heterocycles. The normalized spacial score (nSPS) is 14.1. The van der Waals surface area contributed by atoms with Gasteiger partial charge in [-0.3, -0.25) is 0 Å². The van der Waals surface area contributed by atoms with Gasteiger partial charge in [0.15, 0.2) is 9.84 Å². The summed E-state index contributed by atoms with van der Waals surface area (Å²) in [5.41, 5.74) is 0. The van der Waals surface area contributed by atoms with E-state index >= 15 is 0 Å². The van der Waals surface area contributed by atoms with Gasteiger partial charge in [0.25, 0.3) is 0 Å². The van der Waals surface area contributed by atoms with E-state index in [1.54, 1.807) is 0 Å². The first kappa shape index (κ1) is 12.1. The molecule has 1 N–H and O–H groups in total. The maximum Gasteiger partial charge on any atom is 0.233 e. The quantitative estimate of drug-likeness (QED) is 0.786. The molecule has 0 saturated carbocycles. The van der Waals surface area contributed by atoms with E-state index in [0.717, 1.165) is 12.8 Å². The van der Waals surface area contributed by atoms with Gasteiger partial charge in [-0.05, 0) is 13.5 Å². The van der Waals surface area contributed by atoms with Gasteiger partial charge in [0.05, 0.1) is 6.04 Å². The standard InChI is InChI=1S/C8H15N3O3S/c1-4-9-6(2)8-11-10-7(14-8)5-15(3,12)13/h6,9H,4-5H2,1-3H3. The molecular formula is C8H15N3O3S. The van der Waals surface area contributed by atoms with Crippen molar-refractivity contribution in [1.29, 1.82) is 0 Å². The van der Waals surface area contributed by atoms with Crippen molar-refractivity contribution in [3.8, 4) is 0 Å². The minimum atomic E-state index is -3.12. The summed E-state index contributed by atoms with van der Waals surface area (Å²) in [4.78, 5) is 0. The molecular weight excluding hydrogens is 218 g/mol. The monoisotopic (exact) mass is 233 g/mol. The van der Waals surface area contributed by atoms with Gasteiger partial charge in [0, 0.05) is 6.26 Å². The Bertz CT molecular complexity index is 413. The van der Waals surface area contributed by atoms with Gasteiger partial charge in [-0.25, -0.2) is 8.42 Å². The minimum absolute atomic E-state index is 0.0594. The number of nitrogens with zero attached hydrogens (tertiary/aromatic N) is 2. The van der Waals surface area contributed by atoms with Gasteiger partial charge < -0.3 is 9.73 Å². The molecule has 0 radical (unpaired) electrons. The highest BCUT2D eigenvalue weighted by Gasteiger charge is 2.15. The van der Waals surface area contributed by atoms with Crippen LogP contribution >= 0.6 is 0 Å². The lowest BCUT2D eigenvalue weighted by Crippen LogP contribution is -2.17. The second kappa shape index (κ2) is 4.71. The Morgan fingerprint density at radius 1 is 1.47 bits per heavy atom. The van der Waals surface area contributed by atoms with Gasteiger partial charge in [-0.2, -0.15) is 0 Å². The van der Waals surface area contributed by atoms with Crippen molar-refractivity contribution in [1.82, 2.24) is 15.5 Å². The molecule has 0 aliphatic rings. The summed E-state index contributed by atoms with van der Waals surface area (Å²) in [5.74, 6) is 0.339. The van der Waals surface area contributed by atoms with E-state index in [1.807, 2.05) is 13.8 Å². The maximum atomic E-state index is 11.0. The van der Waals surface area contributed by atoms with Crippen LogP contribution in [0, 0.1) is 0 Å². The van der Waals surface area contributed by atoms with Crippen LogP contribution in [0.15, 0.2) is 4.42 Å². The second-order valence-corrected chi connectivity index (χ2v) is 5.52. The molecule has 15 heavy (non-hydrogen) atoms. The van der Waals surface area contributed by atoms with Crippen LogP contribution in [-0.2, 0) is 15.6 Å². The Morgan fingerprint density at radius 3 is 2.67 bits per heavy atom. The summed E-state index contributed by atoms with van der Waals surface area (Å²) in [5, 5.41) is 10.5. The first-order valence-electron chi connectivity index (χ1n) is 4.65. The number of sulfone groups is 1. The van der Waals surface area contributed by atoms with Gasteiger partial charge in [-0.15, -0.1) is 10.2 Å². The Morgan fingerprint density at radius 2 is 2.13 bits per heavy atom. The Kier molecular flexibility index (Phi) is 3.81. The molecule has 1 rings (SSSR count). The van der Waals surface area contributed by atoms with Crippen LogP contribution in [-0.4, -0.2) is 31.4 Å². The number of rotatable bonds is 5. The lowest BCUT2D eigenvalue weighted by molar-refractivity contribution is 0.404. The van der Waals surface area contributed by atoms with Crippen LogP contribution in [0.25, 0.3) is 0 Å². The van der Waals surface area contributed by atoms with E-state index in [0.29, 0.717) is 5.89 Å². The van der Waals surface area contributed by atoms with E-state index in [4.69, 9.17) is 4.42 Å². The van der Waals surface area contributed by atoms with Crippen molar-refractivity contribution in [3.63, 3.8) is 0 Å². The largest absolute Gasteiger partial charge is 0.422 e. The van der Waals surface area contributed by atoms with Crippen molar-refractivity contribution in [2.24, 2.45) is 0 Å². The highest BCUT2D eigenvalue weighted by atomic mass is 32.2. The van der Waals surface area contributed by atoms with Crippen molar-refractivity contribution in [3.05, 3.63) is 11.8 Å². The van der Waals surface area contributed by atoms with Crippen LogP contribution < -0.4 is 5.32 Å². The molecule has 1 atom stereocenters. The third-order valence-electron chi connectivity index (χ3n) is 1.75. The Balaban J connectivity index is 2.72. The van der Waals surface area contributed by atoms with Crippen LogP contribution in [0.5, 0.6) is 0 Å².